The molecule has 0 saturated carbocycles. The van der Waals surface area contributed by atoms with E-state index in [1.54, 1.807) is 24.3 Å². The van der Waals surface area contributed by atoms with Gasteiger partial charge in [0.1, 0.15) is 11.5 Å². The van der Waals surface area contributed by atoms with Gasteiger partial charge in [-0.3, -0.25) is 9.59 Å². The van der Waals surface area contributed by atoms with Gasteiger partial charge in [0.15, 0.2) is 6.61 Å². The lowest BCUT2D eigenvalue weighted by atomic mass is 10.2. The van der Waals surface area contributed by atoms with Crippen LogP contribution in [-0.2, 0) is 11.0 Å². The number of alkyl halides is 3. The number of rotatable bonds is 9. The molecule has 0 unspecified atom stereocenters. The number of ether oxygens (including phenoxy) is 2. The van der Waals surface area contributed by atoms with Crippen molar-refractivity contribution in [3.63, 3.8) is 0 Å². The van der Waals surface area contributed by atoms with E-state index in [0.29, 0.717) is 11.3 Å². The average Bonchev–Trinajstić information content (AvgIpc) is 3.30. The zero-order valence-corrected chi connectivity index (χ0v) is 17.3. The van der Waals surface area contributed by atoms with E-state index >= 15 is 0 Å². The molecule has 2 amide bonds. The van der Waals surface area contributed by atoms with Gasteiger partial charge in [0.25, 0.3) is 5.91 Å². The third-order valence-electron chi connectivity index (χ3n) is 4.23. The molecule has 1 aromatic heterocycles. The Labute approximate surface area is 185 Å². The quantitative estimate of drug-likeness (QED) is 0.468. The van der Waals surface area contributed by atoms with Crippen LogP contribution in [-0.4, -0.2) is 48.8 Å². The first-order chi connectivity index (χ1) is 15.8. The van der Waals surface area contributed by atoms with E-state index in [1.807, 2.05) is 0 Å². The molecule has 0 aliphatic heterocycles. The molecule has 174 valence electrons. The molecule has 1 heterocycles. The van der Waals surface area contributed by atoms with Gasteiger partial charge in [-0.15, -0.1) is 0 Å². The van der Waals surface area contributed by atoms with Crippen LogP contribution in [0, 0.1) is 0 Å². The lowest BCUT2D eigenvalue weighted by molar-refractivity contribution is -0.137. The van der Waals surface area contributed by atoms with E-state index in [0.717, 1.165) is 12.1 Å². The van der Waals surface area contributed by atoms with Crippen LogP contribution in [0.15, 0.2) is 53.1 Å². The zero-order valence-electron chi connectivity index (χ0n) is 17.3. The van der Waals surface area contributed by atoms with Crippen molar-refractivity contribution in [1.82, 2.24) is 20.8 Å². The van der Waals surface area contributed by atoms with Crippen LogP contribution in [0.25, 0.3) is 11.4 Å². The molecule has 3 rings (SSSR count). The van der Waals surface area contributed by atoms with Crippen LogP contribution in [0.3, 0.4) is 0 Å². The minimum absolute atomic E-state index is 0.0500. The summed E-state index contributed by atoms with van der Waals surface area (Å²) in [6.07, 6.45) is -4.51. The molecule has 3 aromatic rings. The van der Waals surface area contributed by atoms with E-state index < -0.39 is 30.2 Å². The van der Waals surface area contributed by atoms with E-state index in [2.05, 4.69) is 20.8 Å². The van der Waals surface area contributed by atoms with Crippen molar-refractivity contribution in [3.05, 3.63) is 60.0 Å². The molecule has 0 aliphatic rings. The maximum atomic E-state index is 12.7. The van der Waals surface area contributed by atoms with E-state index in [-0.39, 0.29) is 30.6 Å². The van der Waals surface area contributed by atoms with Gasteiger partial charge < -0.3 is 24.6 Å². The number of aromatic nitrogens is 2. The summed E-state index contributed by atoms with van der Waals surface area (Å²) in [7, 11) is 1.54. The Hall–Kier alpha value is -4.09. The monoisotopic (exact) mass is 464 g/mol. The van der Waals surface area contributed by atoms with E-state index in [4.69, 9.17) is 14.0 Å². The number of hydrogen-bond acceptors (Lipinski definition) is 7. The van der Waals surface area contributed by atoms with Crippen molar-refractivity contribution in [2.24, 2.45) is 0 Å². The second kappa shape index (κ2) is 10.5. The molecular formula is C21H19F3N4O5. The summed E-state index contributed by atoms with van der Waals surface area (Å²) in [5.41, 5.74) is -0.245. The highest BCUT2D eigenvalue weighted by Gasteiger charge is 2.30. The topological polar surface area (TPSA) is 116 Å². The van der Waals surface area contributed by atoms with Crippen molar-refractivity contribution in [1.29, 1.82) is 0 Å². The minimum atomic E-state index is -4.51. The molecule has 2 N–H and O–H groups in total. The average molecular weight is 464 g/mol. The Kier molecular flexibility index (Phi) is 7.49. The number of nitrogens with zero attached hydrogens (tertiary/aromatic N) is 2. The Morgan fingerprint density at radius 1 is 1.03 bits per heavy atom. The fourth-order valence-electron chi connectivity index (χ4n) is 2.59. The number of amides is 2. The number of carbonyl (C=O) groups is 2. The third-order valence-corrected chi connectivity index (χ3v) is 4.23. The summed E-state index contributed by atoms with van der Waals surface area (Å²) in [6.45, 7) is -0.380. The van der Waals surface area contributed by atoms with Crippen molar-refractivity contribution in [2.45, 2.75) is 6.18 Å². The molecule has 0 fully saturated rings. The summed E-state index contributed by atoms with van der Waals surface area (Å²) in [4.78, 5) is 27.9. The predicted molar refractivity (Wildman–Crippen MR) is 109 cm³/mol. The van der Waals surface area contributed by atoms with Gasteiger partial charge in [0, 0.05) is 18.7 Å². The Balaban J connectivity index is 1.39. The van der Waals surface area contributed by atoms with Crippen LogP contribution in [0.4, 0.5) is 13.2 Å². The first-order valence-corrected chi connectivity index (χ1v) is 9.59. The third kappa shape index (κ3) is 6.69. The van der Waals surface area contributed by atoms with Crippen LogP contribution >= 0.6 is 0 Å². The number of benzene rings is 2. The maximum Gasteiger partial charge on any atom is 0.416 e. The van der Waals surface area contributed by atoms with Gasteiger partial charge in [-0.2, -0.15) is 18.2 Å². The highest BCUT2D eigenvalue weighted by Crippen LogP contribution is 2.31. The molecule has 0 atom stereocenters. The molecule has 9 nitrogen and oxygen atoms in total. The summed E-state index contributed by atoms with van der Waals surface area (Å²) in [5, 5.41) is 8.72. The summed E-state index contributed by atoms with van der Waals surface area (Å²) < 4.78 is 53.1. The lowest BCUT2D eigenvalue weighted by Crippen LogP contribution is -2.36. The molecule has 0 radical (unpaired) electrons. The fraction of sp³-hybridized carbons (Fsp3) is 0.238. The fourth-order valence-corrected chi connectivity index (χ4v) is 2.59. The molecule has 0 saturated heterocycles. The van der Waals surface area contributed by atoms with Gasteiger partial charge in [-0.1, -0.05) is 11.2 Å². The van der Waals surface area contributed by atoms with E-state index in [9.17, 15) is 22.8 Å². The Morgan fingerprint density at radius 2 is 1.76 bits per heavy atom. The van der Waals surface area contributed by atoms with Crippen LogP contribution in [0.1, 0.15) is 16.2 Å². The van der Waals surface area contributed by atoms with Crippen molar-refractivity contribution < 1.29 is 36.8 Å². The Bertz CT molecular complexity index is 1100. The first kappa shape index (κ1) is 23.6. The van der Waals surface area contributed by atoms with Crippen molar-refractivity contribution in [3.8, 4) is 22.9 Å². The van der Waals surface area contributed by atoms with Gasteiger partial charge in [-0.25, -0.2) is 0 Å². The molecule has 12 heteroatoms. The number of methoxy groups -OCH3 is 1. The molecule has 0 spiro atoms. The minimum Gasteiger partial charge on any atom is -0.497 e. The molecule has 2 aromatic carbocycles. The standard InChI is InChI=1S/C21H19F3N4O5/c1-31-15-7-5-13(6-8-15)18-27-20(33-28-18)19(30)26-10-9-25-17(29)12-32-16-4-2-3-14(11-16)21(22,23)24/h2-8,11H,9-10,12H2,1H3,(H,25,29)(H,26,30). The molecular weight excluding hydrogens is 445 g/mol. The number of hydrogen-bond donors (Lipinski definition) is 2. The van der Waals surface area contributed by atoms with Gasteiger partial charge in [0.2, 0.25) is 5.82 Å². The molecule has 0 aliphatic carbocycles. The summed E-state index contributed by atoms with van der Waals surface area (Å²) in [5.74, 6) is -0.652. The lowest BCUT2D eigenvalue weighted by Gasteiger charge is -2.10. The largest absolute Gasteiger partial charge is 0.497 e. The van der Waals surface area contributed by atoms with Crippen LogP contribution in [0.2, 0.25) is 0 Å². The van der Waals surface area contributed by atoms with Gasteiger partial charge >= 0.3 is 18.0 Å². The first-order valence-electron chi connectivity index (χ1n) is 9.59. The highest BCUT2D eigenvalue weighted by atomic mass is 19.4. The normalized spacial score (nSPS) is 11.0. The smallest absolute Gasteiger partial charge is 0.416 e. The Morgan fingerprint density at radius 3 is 2.45 bits per heavy atom. The number of carbonyl (C=O) groups excluding carboxylic acids is 2. The SMILES string of the molecule is COc1ccc(-c2noc(C(=O)NCCNC(=O)COc3cccc(C(F)(F)F)c3)n2)cc1. The summed E-state index contributed by atoms with van der Waals surface area (Å²) >= 11 is 0. The second-order valence-corrected chi connectivity index (χ2v) is 6.57. The van der Waals surface area contributed by atoms with Gasteiger partial charge in [0.05, 0.1) is 12.7 Å². The zero-order chi connectivity index (χ0) is 23.8. The number of nitrogens with one attached hydrogen (secondary N) is 2. The number of halogens is 3. The maximum absolute atomic E-state index is 12.7. The summed E-state index contributed by atoms with van der Waals surface area (Å²) in [6, 6.07) is 11.0. The molecule has 33 heavy (non-hydrogen) atoms. The second-order valence-electron chi connectivity index (χ2n) is 6.57. The van der Waals surface area contributed by atoms with Gasteiger partial charge in [-0.05, 0) is 42.5 Å². The van der Waals surface area contributed by atoms with E-state index in [1.165, 1.54) is 19.2 Å². The van der Waals surface area contributed by atoms with Crippen LogP contribution in [0.5, 0.6) is 11.5 Å². The van der Waals surface area contributed by atoms with Crippen molar-refractivity contribution >= 4 is 11.8 Å². The van der Waals surface area contributed by atoms with Crippen LogP contribution < -0.4 is 20.1 Å². The van der Waals surface area contributed by atoms with Crippen molar-refractivity contribution in [2.75, 3.05) is 26.8 Å². The molecule has 0 bridgehead atoms. The highest BCUT2D eigenvalue weighted by molar-refractivity contribution is 5.89. The predicted octanol–water partition coefficient (Wildman–Crippen LogP) is 2.69.